The van der Waals surface area contributed by atoms with Crippen molar-refractivity contribution in [2.75, 3.05) is 23.0 Å². The fourth-order valence-electron chi connectivity index (χ4n) is 4.36. The van der Waals surface area contributed by atoms with Crippen molar-refractivity contribution < 1.29 is 9.53 Å². The van der Waals surface area contributed by atoms with Crippen molar-refractivity contribution in [1.82, 2.24) is 14.8 Å². The number of ether oxygens (including phenoxy) is 1. The van der Waals surface area contributed by atoms with E-state index in [1.54, 1.807) is 30.1 Å². The molecule has 4 aromatic rings. The van der Waals surface area contributed by atoms with Gasteiger partial charge in [-0.05, 0) is 43.7 Å². The van der Waals surface area contributed by atoms with Gasteiger partial charge >= 0.3 is 6.03 Å². The lowest BCUT2D eigenvalue weighted by Crippen LogP contribution is -2.22. The molecule has 10 nitrogen and oxygen atoms in total. The molecule has 5 N–H and O–H groups in total. The number of nitrogens with one attached hydrogen (secondary N) is 3. The number of amides is 2. The Morgan fingerprint density at radius 2 is 1.77 bits per heavy atom. The standard InChI is InChI=1S/C30H34N8O2/c1-18-6-8-19(9-7-18)38-27(17-25(37-38)30(2,3)4)36-29(39)34-22-12-10-20(16-23(22)32-5)40-24-14-15-33-28-21(24)11-13-26(31)35-28/h6-10,12,14-17,32H,11,13H2,1-5H3,(H2,31,33,35)(H2,34,36,39). The average Bonchev–Trinajstić information content (AvgIpc) is 3.34. The molecule has 206 valence electrons. The minimum absolute atomic E-state index is 0.189. The number of urea groups is 1. The van der Waals surface area contributed by atoms with Crippen LogP contribution in [0.5, 0.6) is 11.5 Å². The van der Waals surface area contributed by atoms with E-state index >= 15 is 0 Å². The van der Waals surface area contributed by atoms with Crippen molar-refractivity contribution in [3.05, 3.63) is 77.6 Å². The number of amidine groups is 1. The predicted octanol–water partition coefficient (Wildman–Crippen LogP) is 6.29. The van der Waals surface area contributed by atoms with Crippen LogP contribution in [0.25, 0.3) is 5.69 Å². The molecule has 0 fully saturated rings. The molecule has 2 aromatic carbocycles. The predicted molar refractivity (Wildman–Crippen MR) is 160 cm³/mol. The first-order chi connectivity index (χ1) is 19.1. The van der Waals surface area contributed by atoms with Gasteiger partial charge in [0.2, 0.25) is 0 Å². The van der Waals surface area contributed by atoms with Gasteiger partial charge in [0.05, 0.1) is 22.8 Å². The summed E-state index contributed by atoms with van der Waals surface area (Å²) in [6.07, 6.45) is 3.03. The summed E-state index contributed by atoms with van der Waals surface area (Å²) in [6, 6.07) is 16.8. The number of nitrogens with zero attached hydrogens (tertiary/aromatic N) is 4. The maximum atomic E-state index is 13.2. The van der Waals surface area contributed by atoms with Crippen molar-refractivity contribution in [3.8, 4) is 17.2 Å². The lowest BCUT2D eigenvalue weighted by Gasteiger charge is -2.17. The Morgan fingerprint density at radius 1 is 1.00 bits per heavy atom. The number of hydrogen-bond donors (Lipinski definition) is 4. The van der Waals surface area contributed by atoms with E-state index in [2.05, 4.69) is 46.7 Å². The molecule has 2 aromatic heterocycles. The zero-order chi connectivity index (χ0) is 28.4. The molecular weight excluding hydrogens is 504 g/mol. The van der Waals surface area contributed by atoms with E-state index in [0.29, 0.717) is 53.2 Å². The molecule has 0 atom stereocenters. The zero-order valence-electron chi connectivity index (χ0n) is 23.4. The third-order valence-electron chi connectivity index (χ3n) is 6.61. The fraction of sp³-hybridized carbons (Fsp3) is 0.267. The summed E-state index contributed by atoms with van der Waals surface area (Å²) in [5.74, 6) is 3.02. The molecule has 0 saturated carbocycles. The normalized spacial score (nSPS) is 12.8. The van der Waals surface area contributed by atoms with E-state index < -0.39 is 6.03 Å². The number of nitrogens with two attached hydrogens (primary N) is 1. The van der Waals surface area contributed by atoms with Crippen molar-refractivity contribution in [2.45, 2.75) is 46.0 Å². The van der Waals surface area contributed by atoms with Crippen LogP contribution < -0.4 is 26.4 Å². The van der Waals surface area contributed by atoms with Gasteiger partial charge in [0.15, 0.2) is 5.82 Å². The molecule has 0 spiro atoms. The second-order valence-corrected chi connectivity index (χ2v) is 10.8. The van der Waals surface area contributed by atoms with E-state index in [1.807, 2.05) is 49.4 Å². The molecule has 0 unspecified atom stereocenters. The maximum Gasteiger partial charge on any atom is 0.324 e. The number of fused-ring (bicyclic) bond motifs is 1. The van der Waals surface area contributed by atoms with Crippen LogP contribution in [0.3, 0.4) is 0 Å². The van der Waals surface area contributed by atoms with Gasteiger partial charge in [0.25, 0.3) is 0 Å². The SMILES string of the molecule is CNc1cc(Oc2ccnc3c2CCC(N)=N3)ccc1NC(=O)Nc1cc(C(C)(C)C)nn1-c1ccc(C)cc1. The fourth-order valence-corrected chi connectivity index (χ4v) is 4.36. The van der Waals surface area contributed by atoms with E-state index in [9.17, 15) is 4.79 Å². The molecule has 3 heterocycles. The summed E-state index contributed by atoms with van der Waals surface area (Å²) in [5.41, 5.74) is 10.8. The Bertz CT molecular complexity index is 1580. The first-order valence-corrected chi connectivity index (χ1v) is 13.2. The second kappa shape index (κ2) is 10.7. The average molecular weight is 539 g/mol. The lowest BCUT2D eigenvalue weighted by atomic mass is 9.92. The first kappa shape index (κ1) is 26.7. The summed E-state index contributed by atoms with van der Waals surface area (Å²) in [4.78, 5) is 21.8. The molecule has 1 aliphatic rings. The maximum absolute atomic E-state index is 13.2. The van der Waals surface area contributed by atoms with Crippen LogP contribution in [0.4, 0.5) is 27.8 Å². The third kappa shape index (κ3) is 5.75. The Labute approximate surface area is 233 Å². The number of hydrogen-bond acceptors (Lipinski definition) is 7. The topological polar surface area (TPSA) is 131 Å². The quantitative estimate of drug-likeness (QED) is 0.228. The highest BCUT2D eigenvalue weighted by Gasteiger charge is 2.22. The van der Waals surface area contributed by atoms with Gasteiger partial charge in [-0.3, -0.25) is 5.32 Å². The monoisotopic (exact) mass is 538 g/mol. The Hall–Kier alpha value is -4.86. The number of rotatable bonds is 6. The van der Waals surface area contributed by atoms with Gasteiger partial charge < -0.3 is 21.1 Å². The van der Waals surface area contributed by atoms with Crippen molar-refractivity contribution >= 4 is 34.9 Å². The van der Waals surface area contributed by atoms with Gasteiger partial charge in [0.1, 0.15) is 23.2 Å². The molecule has 5 rings (SSSR count). The Morgan fingerprint density at radius 3 is 2.50 bits per heavy atom. The molecule has 2 amide bonds. The minimum atomic E-state index is -0.391. The third-order valence-corrected chi connectivity index (χ3v) is 6.61. The molecule has 0 aliphatic carbocycles. The minimum Gasteiger partial charge on any atom is -0.457 e. The molecule has 10 heteroatoms. The number of carbonyl (C=O) groups is 1. The molecule has 0 radical (unpaired) electrons. The van der Waals surface area contributed by atoms with Gasteiger partial charge in [-0.2, -0.15) is 5.10 Å². The number of aryl methyl sites for hydroxylation is 1. The lowest BCUT2D eigenvalue weighted by molar-refractivity contribution is 0.262. The zero-order valence-corrected chi connectivity index (χ0v) is 23.4. The highest BCUT2D eigenvalue weighted by Crippen LogP contribution is 2.36. The van der Waals surface area contributed by atoms with Gasteiger partial charge in [-0.25, -0.2) is 19.5 Å². The Kier molecular flexibility index (Phi) is 7.17. The van der Waals surface area contributed by atoms with Gasteiger partial charge in [-0.1, -0.05) is 38.5 Å². The number of carbonyl (C=O) groups excluding carboxylic acids is 1. The van der Waals surface area contributed by atoms with Crippen molar-refractivity contribution in [3.63, 3.8) is 0 Å². The van der Waals surface area contributed by atoms with Gasteiger partial charge in [-0.15, -0.1) is 0 Å². The van der Waals surface area contributed by atoms with Crippen molar-refractivity contribution in [2.24, 2.45) is 10.7 Å². The molecule has 1 aliphatic heterocycles. The van der Waals surface area contributed by atoms with E-state index in [1.165, 1.54) is 0 Å². The molecule has 0 bridgehead atoms. The van der Waals surface area contributed by atoms with Crippen LogP contribution >= 0.6 is 0 Å². The molecule has 40 heavy (non-hydrogen) atoms. The van der Waals surface area contributed by atoms with Crippen LogP contribution in [0.2, 0.25) is 0 Å². The number of anilines is 3. The second-order valence-electron chi connectivity index (χ2n) is 10.8. The molecular formula is C30H34N8O2. The summed E-state index contributed by atoms with van der Waals surface area (Å²) < 4.78 is 7.94. The number of aromatic nitrogens is 3. The highest BCUT2D eigenvalue weighted by atomic mass is 16.5. The van der Waals surface area contributed by atoms with E-state index in [-0.39, 0.29) is 5.41 Å². The number of pyridine rings is 1. The summed E-state index contributed by atoms with van der Waals surface area (Å²) in [6.45, 7) is 8.30. The highest BCUT2D eigenvalue weighted by molar-refractivity contribution is 6.01. The number of benzene rings is 2. The van der Waals surface area contributed by atoms with Crippen LogP contribution in [-0.4, -0.2) is 33.7 Å². The van der Waals surface area contributed by atoms with Crippen molar-refractivity contribution in [1.29, 1.82) is 0 Å². The van der Waals surface area contributed by atoms with Crippen LogP contribution in [-0.2, 0) is 11.8 Å². The molecule has 0 saturated heterocycles. The first-order valence-electron chi connectivity index (χ1n) is 13.2. The summed E-state index contributed by atoms with van der Waals surface area (Å²) >= 11 is 0. The van der Waals surface area contributed by atoms with Crippen LogP contribution in [0, 0.1) is 6.92 Å². The smallest absolute Gasteiger partial charge is 0.324 e. The Balaban J connectivity index is 1.35. The van der Waals surface area contributed by atoms with E-state index in [0.717, 1.165) is 22.5 Å². The summed E-state index contributed by atoms with van der Waals surface area (Å²) in [5, 5.41) is 13.8. The van der Waals surface area contributed by atoms with Gasteiger partial charge in [0, 0.05) is 42.8 Å². The van der Waals surface area contributed by atoms with E-state index in [4.69, 9.17) is 15.6 Å². The largest absolute Gasteiger partial charge is 0.457 e. The number of aliphatic imine (C=N–C) groups is 1. The summed E-state index contributed by atoms with van der Waals surface area (Å²) in [7, 11) is 1.79. The van der Waals surface area contributed by atoms with Crippen LogP contribution in [0.15, 0.2) is 65.8 Å². The van der Waals surface area contributed by atoms with Crippen LogP contribution in [0.1, 0.15) is 44.0 Å².